The average Bonchev–Trinajstić information content (AvgIpc) is 2.97. The predicted molar refractivity (Wildman–Crippen MR) is 101 cm³/mol. The Balaban J connectivity index is 1.32. The fourth-order valence-corrected chi connectivity index (χ4v) is 4.48. The molecule has 3 heterocycles. The maximum absolute atomic E-state index is 12.8. The number of alkyl halides is 3. The predicted octanol–water partition coefficient (Wildman–Crippen LogP) is 4.63. The Morgan fingerprint density at radius 2 is 1.66 bits per heavy atom. The summed E-state index contributed by atoms with van der Waals surface area (Å²) in [6, 6.07) is 9.10. The number of halogens is 3. The summed E-state index contributed by atoms with van der Waals surface area (Å²) in [7, 11) is 0. The molecule has 2 unspecified atom stereocenters. The quantitative estimate of drug-likeness (QED) is 0.730. The molecule has 4 rings (SSSR count). The first-order chi connectivity index (χ1) is 13.9. The van der Waals surface area contributed by atoms with Gasteiger partial charge in [-0.2, -0.15) is 13.2 Å². The average molecular weight is 404 g/mol. The molecule has 2 aliphatic heterocycles. The number of piperidine rings is 1. The number of ether oxygens (including phenoxy) is 1. The van der Waals surface area contributed by atoms with Crippen LogP contribution in [0.3, 0.4) is 0 Å². The first kappa shape index (κ1) is 19.7. The van der Waals surface area contributed by atoms with E-state index in [1.165, 1.54) is 12.1 Å². The molecule has 0 aliphatic carbocycles. The van der Waals surface area contributed by atoms with Crippen LogP contribution < -0.4 is 4.74 Å². The molecule has 0 radical (unpaired) electrons. The van der Waals surface area contributed by atoms with Crippen LogP contribution in [0, 0.1) is 0 Å². The van der Waals surface area contributed by atoms with Gasteiger partial charge in [-0.05, 0) is 49.1 Å². The lowest BCUT2D eigenvalue weighted by molar-refractivity contribution is -0.138. The summed E-state index contributed by atoms with van der Waals surface area (Å²) in [5, 5.41) is 0. The minimum atomic E-state index is -4.34. The number of nitrogens with zero attached hydrogens (tertiary/aromatic N) is 2. The Kier molecular flexibility index (Phi) is 5.48. The molecule has 1 aromatic carbocycles. The van der Waals surface area contributed by atoms with Gasteiger partial charge in [-0.15, -0.1) is 0 Å². The zero-order chi connectivity index (χ0) is 20.4. The van der Waals surface area contributed by atoms with Crippen molar-refractivity contribution in [3.05, 3.63) is 59.9 Å². The van der Waals surface area contributed by atoms with Crippen LogP contribution in [0.1, 0.15) is 43.2 Å². The Bertz CT molecular complexity index is 825. The number of carbonyl (C=O) groups excluding carboxylic acids is 1. The van der Waals surface area contributed by atoms with Crippen LogP contribution in [-0.2, 0) is 17.4 Å². The summed E-state index contributed by atoms with van der Waals surface area (Å²) in [5.74, 6) is 0.881. The molecule has 1 amide bonds. The molecule has 2 aliphatic rings. The third-order valence-corrected chi connectivity index (χ3v) is 5.84. The van der Waals surface area contributed by atoms with E-state index in [1.54, 1.807) is 12.4 Å². The lowest BCUT2D eigenvalue weighted by Gasteiger charge is -2.39. The third-order valence-electron chi connectivity index (χ3n) is 5.84. The van der Waals surface area contributed by atoms with Crippen molar-refractivity contribution in [2.24, 2.45) is 0 Å². The third kappa shape index (κ3) is 4.54. The van der Waals surface area contributed by atoms with Crippen molar-refractivity contribution in [1.29, 1.82) is 0 Å². The molecular formula is C22H23F3N2O2. The molecule has 2 fully saturated rings. The fraction of sp³-hybridized carbons (Fsp3) is 0.455. The number of pyridine rings is 1. The van der Waals surface area contributed by atoms with Gasteiger partial charge in [0.1, 0.15) is 11.9 Å². The van der Waals surface area contributed by atoms with Crippen molar-refractivity contribution >= 4 is 5.91 Å². The van der Waals surface area contributed by atoms with E-state index < -0.39 is 11.7 Å². The molecule has 7 heteroatoms. The number of hydrogen-bond acceptors (Lipinski definition) is 3. The Morgan fingerprint density at radius 3 is 2.24 bits per heavy atom. The molecule has 0 spiro atoms. The van der Waals surface area contributed by atoms with Crippen molar-refractivity contribution in [1.82, 2.24) is 9.88 Å². The minimum Gasteiger partial charge on any atom is -0.490 e. The standard InChI is InChI=1S/C22H23F3N2O2/c23-22(24,25)16-4-1-15(2-5-16)3-8-21(28)27-17-6-7-18(27)14-20(13-17)29-19-9-11-26-12-10-19/h1-2,4-5,9-12,17-18,20H,3,6-8,13-14H2. The summed E-state index contributed by atoms with van der Waals surface area (Å²) in [5.41, 5.74) is 0.0801. The fourth-order valence-electron chi connectivity index (χ4n) is 4.48. The maximum Gasteiger partial charge on any atom is 0.416 e. The summed E-state index contributed by atoms with van der Waals surface area (Å²) in [6.45, 7) is 0. The summed E-state index contributed by atoms with van der Waals surface area (Å²) in [4.78, 5) is 18.8. The topological polar surface area (TPSA) is 42.4 Å². The van der Waals surface area contributed by atoms with Crippen LogP contribution in [0.5, 0.6) is 5.75 Å². The van der Waals surface area contributed by atoms with Gasteiger partial charge in [0.2, 0.25) is 5.91 Å². The SMILES string of the molecule is O=C(CCc1ccc(C(F)(F)F)cc1)N1C2CCC1CC(Oc1ccncc1)C2. The highest BCUT2D eigenvalue weighted by Crippen LogP contribution is 2.38. The second-order valence-corrected chi connectivity index (χ2v) is 7.77. The van der Waals surface area contributed by atoms with Crippen molar-refractivity contribution in [2.75, 3.05) is 0 Å². The first-order valence-electron chi connectivity index (χ1n) is 9.94. The van der Waals surface area contributed by atoms with Gasteiger partial charge in [-0.1, -0.05) is 12.1 Å². The summed E-state index contributed by atoms with van der Waals surface area (Å²) >= 11 is 0. The van der Waals surface area contributed by atoms with Crippen LogP contribution >= 0.6 is 0 Å². The molecule has 1 aromatic heterocycles. The molecule has 2 atom stereocenters. The van der Waals surface area contributed by atoms with Crippen molar-refractivity contribution in [3.63, 3.8) is 0 Å². The van der Waals surface area contributed by atoms with Gasteiger partial charge in [-0.3, -0.25) is 9.78 Å². The van der Waals surface area contributed by atoms with Crippen LogP contribution in [0.15, 0.2) is 48.8 Å². The van der Waals surface area contributed by atoms with Crippen LogP contribution in [0.25, 0.3) is 0 Å². The molecule has 2 bridgehead atoms. The van der Waals surface area contributed by atoms with E-state index in [-0.39, 0.29) is 24.1 Å². The molecular weight excluding hydrogens is 381 g/mol. The molecule has 29 heavy (non-hydrogen) atoms. The normalized spacial score (nSPS) is 23.8. The van der Waals surface area contributed by atoms with Crippen LogP contribution in [0.2, 0.25) is 0 Å². The van der Waals surface area contributed by atoms with Crippen molar-refractivity contribution < 1.29 is 22.7 Å². The van der Waals surface area contributed by atoms with Gasteiger partial charge in [-0.25, -0.2) is 0 Å². The van der Waals surface area contributed by atoms with E-state index in [2.05, 4.69) is 4.98 Å². The number of fused-ring (bicyclic) bond motifs is 2. The van der Waals surface area contributed by atoms with Gasteiger partial charge in [0.15, 0.2) is 0 Å². The van der Waals surface area contributed by atoms with Crippen molar-refractivity contribution in [2.45, 2.75) is 62.9 Å². The van der Waals surface area contributed by atoms with E-state index >= 15 is 0 Å². The van der Waals surface area contributed by atoms with E-state index in [0.717, 1.165) is 49.1 Å². The highest BCUT2D eigenvalue weighted by Gasteiger charge is 2.43. The molecule has 0 N–H and O–H groups in total. The smallest absolute Gasteiger partial charge is 0.416 e. The van der Waals surface area contributed by atoms with E-state index in [9.17, 15) is 18.0 Å². The number of benzene rings is 1. The lowest BCUT2D eigenvalue weighted by Crippen LogP contribution is -2.49. The Morgan fingerprint density at radius 1 is 1.03 bits per heavy atom. The second-order valence-electron chi connectivity index (χ2n) is 7.77. The van der Waals surface area contributed by atoms with Gasteiger partial charge in [0.25, 0.3) is 0 Å². The second kappa shape index (κ2) is 8.05. The van der Waals surface area contributed by atoms with Gasteiger partial charge < -0.3 is 9.64 Å². The lowest BCUT2D eigenvalue weighted by atomic mass is 9.98. The molecule has 2 saturated heterocycles. The monoisotopic (exact) mass is 404 g/mol. The largest absolute Gasteiger partial charge is 0.490 e. The van der Waals surface area contributed by atoms with Gasteiger partial charge in [0, 0.05) is 43.7 Å². The van der Waals surface area contributed by atoms with E-state index in [0.29, 0.717) is 12.8 Å². The highest BCUT2D eigenvalue weighted by atomic mass is 19.4. The number of hydrogen-bond donors (Lipinski definition) is 0. The maximum atomic E-state index is 12.8. The van der Waals surface area contributed by atoms with E-state index in [4.69, 9.17) is 4.74 Å². The van der Waals surface area contributed by atoms with Crippen LogP contribution in [-0.4, -0.2) is 34.0 Å². The van der Waals surface area contributed by atoms with Crippen molar-refractivity contribution in [3.8, 4) is 5.75 Å². The molecule has 154 valence electrons. The summed E-state index contributed by atoms with van der Waals surface area (Å²) in [6.07, 6.45) is 3.49. The molecule has 2 aromatic rings. The number of aromatic nitrogens is 1. The number of aryl methyl sites for hydroxylation is 1. The first-order valence-corrected chi connectivity index (χ1v) is 9.94. The molecule has 0 saturated carbocycles. The van der Waals surface area contributed by atoms with Crippen LogP contribution in [0.4, 0.5) is 13.2 Å². The van der Waals surface area contributed by atoms with E-state index in [1.807, 2.05) is 17.0 Å². The number of carbonyl (C=O) groups is 1. The van der Waals surface area contributed by atoms with Gasteiger partial charge >= 0.3 is 6.18 Å². The number of amides is 1. The Labute approximate surface area is 167 Å². The zero-order valence-corrected chi connectivity index (χ0v) is 15.9. The summed E-state index contributed by atoms with van der Waals surface area (Å²) < 4.78 is 44.1. The highest BCUT2D eigenvalue weighted by molar-refractivity contribution is 5.77. The number of rotatable bonds is 5. The molecule has 4 nitrogen and oxygen atoms in total. The minimum absolute atomic E-state index is 0.0831. The zero-order valence-electron chi connectivity index (χ0n) is 15.9. The Hall–Kier alpha value is -2.57. The van der Waals surface area contributed by atoms with Gasteiger partial charge in [0.05, 0.1) is 5.56 Å².